The fraction of sp³-hybridized carbons (Fsp3) is 0.222. The van der Waals surface area contributed by atoms with E-state index in [0.29, 0.717) is 18.3 Å². The highest BCUT2D eigenvalue weighted by Gasteiger charge is 2.04. The van der Waals surface area contributed by atoms with Crippen LogP contribution in [-0.2, 0) is 6.42 Å². The first-order chi connectivity index (χ1) is 6.88. The molecule has 5 heteroatoms. The van der Waals surface area contributed by atoms with Crippen LogP contribution in [0.2, 0.25) is 0 Å². The van der Waals surface area contributed by atoms with Crippen molar-refractivity contribution >= 4 is 6.01 Å². The summed E-state index contributed by atoms with van der Waals surface area (Å²) in [4.78, 5) is 8.05. The van der Waals surface area contributed by atoms with E-state index in [1.165, 1.54) is 0 Å². The minimum absolute atomic E-state index is 0.439. The lowest BCUT2D eigenvalue weighted by Gasteiger charge is -1.93. The Kier molecular flexibility index (Phi) is 2.40. The van der Waals surface area contributed by atoms with Gasteiger partial charge in [-0.05, 0) is 17.7 Å². The summed E-state index contributed by atoms with van der Waals surface area (Å²) in [6.07, 6.45) is 4.15. The number of rotatable bonds is 3. The molecule has 0 atom stereocenters. The molecule has 0 aliphatic heterocycles. The minimum Gasteiger partial charge on any atom is -0.341 e. The van der Waals surface area contributed by atoms with Gasteiger partial charge in [0.1, 0.15) is 0 Å². The molecule has 2 heterocycles. The van der Waals surface area contributed by atoms with Gasteiger partial charge in [0.2, 0.25) is 0 Å². The summed E-state index contributed by atoms with van der Waals surface area (Å²) in [5.41, 5.74) is 1.11. The fourth-order valence-electron chi connectivity index (χ4n) is 1.11. The predicted octanol–water partition coefficient (Wildman–Crippen LogP) is 1.10. The van der Waals surface area contributed by atoms with Gasteiger partial charge in [-0.2, -0.15) is 4.98 Å². The van der Waals surface area contributed by atoms with Crippen molar-refractivity contribution in [2.75, 3.05) is 12.4 Å². The van der Waals surface area contributed by atoms with Gasteiger partial charge in [0.15, 0.2) is 5.82 Å². The first kappa shape index (κ1) is 8.68. The molecule has 14 heavy (non-hydrogen) atoms. The molecule has 0 saturated heterocycles. The van der Waals surface area contributed by atoms with Crippen LogP contribution in [0.3, 0.4) is 0 Å². The quantitative estimate of drug-likeness (QED) is 0.785. The Labute approximate surface area is 81.2 Å². The fourth-order valence-corrected chi connectivity index (χ4v) is 1.11. The standard InChI is InChI=1S/C9H10N4O/c1-10-9-12-8(13-14-9)6-7-2-4-11-5-3-7/h2-5H,6H2,1H3,(H,10,12,13). The summed E-state index contributed by atoms with van der Waals surface area (Å²) < 4.78 is 4.90. The van der Waals surface area contributed by atoms with Gasteiger partial charge in [-0.1, -0.05) is 5.16 Å². The van der Waals surface area contributed by atoms with Crippen LogP contribution < -0.4 is 5.32 Å². The lowest BCUT2D eigenvalue weighted by Crippen LogP contribution is -1.92. The predicted molar refractivity (Wildman–Crippen MR) is 50.9 cm³/mol. The average Bonchev–Trinajstić information content (AvgIpc) is 2.67. The number of anilines is 1. The molecule has 0 fully saturated rings. The number of hydrogen-bond donors (Lipinski definition) is 1. The van der Waals surface area contributed by atoms with Crippen molar-refractivity contribution in [1.82, 2.24) is 15.1 Å². The van der Waals surface area contributed by atoms with E-state index in [2.05, 4.69) is 20.4 Å². The van der Waals surface area contributed by atoms with Crippen LogP contribution in [0.5, 0.6) is 0 Å². The number of hydrogen-bond acceptors (Lipinski definition) is 5. The number of pyridine rings is 1. The van der Waals surface area contributed by atoms with Crippen LogP contribution in [0.1, 0.15) is 11.4 Å². The largest absolute Gasteiger partial charge is 0.341 e. The second-order valence-corrected chi connectivity index (χ2v) is 2.80. The maximum absolute atomic E-state index is 4.90. The Morgan fingerprint density at radius 1 is 1.36 bits per heavy atom. The van der Waals surface area contributed by atoms with Gasteiger partial charge in [-0.15, -0.1) is 0 Å². The second kappa shape index (κ2) is 3.87. The highest BCUT2D eigenvalue weighted by molar-refractivity contribution is 5.20. The third-order valence-corrected chi connectivity index (χ3v) is 1.79. The van der Waals surface area contributed by atoms with Crippen molar-refractivity contribution in [2.24, 2.45) is 0 Å². The zero-order chi connectivity index (χ0) is 9.80. The first-order valence-corrected chi connectivity index (χ1v) is 4.28. The highest BCUT2D eigenvalue weighted by atomic mass is 16.5. The third-order valence-electron chi connectivity index (χ3n) is 1.79. The first-order valence-electron chi connectivity index (χ1n) is 4.28. The van der Waals surface area contributed by atoms with E-state index in [4.69, 9.17) is 4.52 Å². The van der Waals surface area contributed by atoms with Crippen molar-refractivity contribution in [3.05, 3.63) is 35.9 Å². The second-order valence-electron chi connectivity index (χ2n) is 2.80. The van der Waals surface area contributed by atoms with Gasteiger partial charge in [0.25, 0.3) is 0 Å². The number of aromatic nitrogens is 3. The molecule has 5 nitrogen and oxygen atoms in total. The Morgan fingerprint density at radius 2 is 2.14 bits per heavy atom. The molecule has 0 radical (unpaired) electrons. The van der Waals surface area contributed by atoms with Gasteiger partial charge < -0.3 is 9.84 Å². The summed E-state index contributed by atoms with van der Waals surface area (Å²) in [7, 11) is 1.74. The zero-order valence-corrected chi connectivity index (χ0v) is 7.77. The van der Waals surface area contributed by atoms with Gasteiger partial charge in [-0.3, -0.25) is 4.98 Å². The molecule has 2 rings (SSSR count). The van der Waals surface area contributed by atoms with Crippen LogP contribution in [-0.4, -0.2) is 22.2 Å². The Morgan fingerprint density at radius 3 is 2.79 bits per heavy atom. The average molecular weight is 190 g/mol. The van der Waals surface area contributed by atoms with Gasteiger partial charge in [0.05, 0.1) is 0 Å². The summed E-state index contributed by atoms with van der Waals surface area (Å²) in [6, 6.07) is 4.29. The molecule has 0 unspecified atom stereocenters. The van der Waals surface area contributed by atoms with Gasteiger partial charge in [0, 0.05) is 25.9 Å². The van der Waals surface area contributed by atoms with Crippen molar-refractivity contribution in [2.45, 2.75) is 6.42 Å². The van der Waals surface area contributed by atoms with Gasteiger partial charge in [-0.25, -0.2) is 0 Å². The van der Waals surface area contributed by atoms with Crippen LogP contribution in [0.25, 0.3) is 0 Å². The number of nitrogens with one attached hydrogen (secondary N) is 1. The van der Waals surface area contributed by atoms with Crippen molar-refractivity contribution in [3.8, 4) is 0 Å². The molecule has 0 spiro atoms. The Balaban J connectivity index is 2.11. The van der Waals surface area contributed by atoms with Crippen LogP contribution in [0.4, 0.5) is 6.01 Å². The van der Waals surface area contributed by atoms with Crippen molar-refractivity contribution in [3.63, 3.8) is 0 Å². The molecule has 0 aromatic carbocycles. The van der Waals surface area contributed by atoms with E-state index in [1.54, 1.807) is 19.4 Å². The highest BCUT2D eigenvalue weighted by Crippen LogP contribution is 2.07. The number of nitrogens with zero attached hydrogens (tertiary/aromatic N) is 3. The van der Waals surface area contributed by atoms with Crippen LogP contribution >= 0.6 is 0 Å². The van der Waals surface area contributed by atoms with Crippen LogP contribution in [0, 0.1) is 0 Å². The molecule has 1 N–H and O–H groups in total. The Bertz CT molecular complexity index is 398. The summed E-state index contributed by atoms with van der Waals surface area (Å²) in [5.74, 6) is 0.667. The van der Waals surface area contributed by atoms with Crippen molar-refractivity contribution in [1.29, 1.82) is 0 Å². The van der Waals surface area contributed by atoms with E-state index in [1.807, 2.05) is 12.1 Å². The van der Waals surface area contributed by atoms with E-state index in [0.717, 1.165) is 5.56 Å². The molecule has 0 bridgehead atoms. The summed E-state index contributed by atoms with van der Waals surface area (Å²) in [6.45, 7) is 0. The molecule has 0 aliphatic rings. The molecule has 2 aromatic heterocycles. The summed E-state index contributed by atoms with van der Waals surface area (Å²) >= 11 is 0. The van der Waals surface area contributed by atoms with E-state index < -0.39 is 0 Å². The van der Waals surface area contributed by atoms with E-state index in [9.17, 15) is 0 Å². The SMILES string of the molecule is CNc1nc(Cc2ccncc2)no1. The monoisotopic (exact) mass is 190 g/mol. The lowest BCUT2D eigenvalue weighted by molar-refractivity contribution is 0.425. The third kappa shape index (κ3) is 1.87. The minimum atomic E-state index is 0.439. The lowest BCUT2D eigenvalue weighted by atomic mass is 10.2. The zero-order valence-electron chi connectivity index (χ0n) is 7.77. The maximum atomic E-state index is 4.90. The van der Waals surface area contributed by atoms with Gasteiger partial charge >= 0.3 is 6.01 Å². The maximum Gasteiger partial charge on any atom is 0.321 e. The molecule has 0 aliphatic carbocycles. The van der Waals surface area contributed by atoms with E-state index >= 15 is 0 Å². The molecular weight excluding hydrogens is 180 g/mol. The normalized spacial score (nSPS) is 10.1. The smallest absolute Gasteiger partial charge is 0.321 e. The van der Waals surface area contributed by atoms with E-state index in [-0.39, 0.29) is 0 Å². The summed E-state index contributed by atoms with van der Waals surface area (Å²) in [5, 5.41) is 6.59. The molecule has 0 amide bonds. The molecular formula is C9H10N4O. The van der Waals surface area contributed by atoms with Crippen molar-refractivity contribution < 1.29 is 4.52 Å². The van der Waals surface area contributed by atoms with Crippen LogP contribution in [0.15, 0.2) is 29.0 Å². The topological polar surface area (TPSA) is 63.8 Å². The molecule has 2 aromatic rings. The Hall–Kier alpha value is -1.91. The molecule has 72 valence electrons. The molecule has 0 saturated carbocycles.